The van der Waals surface area contributed by atoms with Gasteiger partial charge >= 0.3 is 35.5 Å². The van der Waals surface area contributed by atoms with Crippen LogP contribution in [0.4, 0.5) is 0 Å². The number of unbranched alkanes of at least 4 members (excludes halogenated alkanes) is 9. The van der Waals surface area contributed by atoms with E-state index in [0.29, 0.717) is 12.8 Å². The molecule has 1 unspecified atom stereocenters. The number of rotatable bonds is 16. The molecule has 9 heteroatoms. The predicted molar refractivity (Wildman–Crippen MR) is 97.0 cm³/mol. The summed E-state index contributed by atoms with van der Waals surface area (Å²) in [5.41, 5.74) is 0. The fourth-order valence-electron chi connectivity index (χ4n) is 2.98. The van der Waals surface area contributed by atoms with Crippen LogP contribution in [0, 0.1) is 0 Å². The SMILES string of the molecule is CCCCCCCCCCCCC(CC(=O)[O-])(C(=O)OCC)S(=O)(=O)O.[Na+]. The molecule has 7 nitrogen and oxygen atoms in total. The van der Waals surface area contributed by atoms with Gasteiger partial charge in [0.15, 0.2) is 4.75 Å². The molecule has 0 aliphatic rings. The Balaban J connectivity index is 0. The van der Waals surface area contributed by atoms with Gasteiger partial charge in [0, 0.05) is 12.4 Å². The zero-order chi connectivity index (χ0) is 20.1. The van der Waals surface area contributed by atoms with E-state index < -0.39 is 33.2 Å². The fraction of sp³-hybridized carbons (Fsp3) is 0.889. The zero-order valence-corrected chi connectivity index (χ0v) is 19.8. The molecule has 0 aliphatic heterocycles. The number of esters is 1. The molecule has 0 aromatic carbocycles. The van der Waals surface area contributed by atoms with Crippen molar-refractivity contribution in [3.05, 3.63) is 0 Å². The molecule has 27 heavy (non-hydrogen) atoms. The second kappa shape index (κ2) is 15.7. The summed E-state index contributed by atoms with van der Waals surface area (Å²) in [6.45, 7) is 3.54. The Kier molecular flexibility index (Phi) is 16.9. The van der Waals surface area contributed by atoms with Crippen molar-refractivity contribution in [2.45, 2.75) is 95.6 Å². The minimum atomic E-state index is -4.95. The van der Waals surface area contributed by atoms with Crippen LogP contribution in [0.1, 0.15) is 90.9 Å². The van der Waals surface area contributed by atoms with Gasteiger partial charge in [0.05, 0.1) is 6.61 Å². The molecule has 0 aliphatic carbocycles. The maximum Gasteiger partial charge on any atom is 1.00 e. The largest absolute Gasteiger partial charge is 1.00 e. The third kappa shape index (κ3) is 11.4. The predicted octanol–water partition coefficient (Wildman–Crippen LogP) is -0.369. The van der Waals surface area contributed by atoms with Crippen molar-refractivity contribution in [1.29, 1.82) is 0 Å². The van der Waals surface area contributed by atoms with E-state index in [1.54, 1.807) is 0 Å². The number of hydrogen-bond donors (Lipinski definition) is 1. The number of carbonyl (C=O) groups excluding carboxylic acids is 2. The summed E-state index contributed by atoms with van der Waals surface area (Å²) < 4.78 is 35.2. The summed E-state index contributed by atoms with van der Waals surface area (Å²) in [4.78, 5) is 23.0. The van der Waals surface area contributed by atoms with Gasteiger partial charge in [-0.2, -0.15) is 8.42 Å². The van der Waals surface area contributed by atoms with Crippen LogP contribution in [0.15, 0.2) is 0 Å². The van der Waals surface area contributed by atoms with Crippen molar-refractivity contribution in [2.75, 3.05) is 6.61 Å². The first-order valence-electron chi connectivity index (χ1n) is 9.55. The Morgan fingerprint density at radius 2 is 1.37 bits per heavy atom. The van der Waals surface area contributed by atoms with Crippen LogP contribution in [-0.4, -0.2) is 36.3 Å². The van der Waals surface area contributed by atoms with Crippen molar-refractivity contribution in [3.8, 4) is 0 Å². The number of hydrogen-bond acceptors (Lipinski definition) is 6. The quantitative estimate of drug-likeness (QED) is 0.158. The first-order valence-corrected chi connectivity index (χ1v) is 11.0. The summed E-state index contributed by atoms with van der Waals surface area (Å²) in [5.74, 6) is -2.95. The van der Waals surface area contributed by atoms with E-state index in [-0.39, 0.29) is 42.6 Å². The molecular formula is C18H33NaO7S. The molecule has 0 rings (SSSR count). The van der Waals surface area contributed by atoms with Gasteiger partial charge in [0.25, 0.3) is 10.1 Å². The second-order valence-electron chi connectivity index (χ2n) is 6.67. The molecule has 0 amide bonds. The molecule has 154 valence electrons. The number of ether oxygens (including phenoxy) is 1. The van der Waals surface area contributed by atoms with Gasteiger partial charge in [-0.05, 0) is 13.3 Å². The molecule has 0 fully saturated rings. The maximum atomic E-state index is 12.1. The summed E-state index contributed by atoms with van der Waals surface area (Å²) in [6, 6.07) is 0. The molecule has 0 saturated carbocycles. The van der Waals surface area contributed by atoms with Gasteiger partial charge in [0.2, 0.25) is 0 Å². The van der Waals surface area contributed by atoms with Gasteiger partial charge in [-0.1, -0.05) is 71.1 Å². The topological polar surface area (TPSA) is 121 Å². The Morgan fingerprint density at radius 1 is 0.926 bits per heavy atom. The monoisotopic (exact) mass is 416 g/mol. The summed E-state index contributed by atoms with van der Waals surface area (Å²) >= 11 is 0. The van der Waals surface area contributed by atoms with E-state index in [9.17, 15) is 27.7 Å². The normalized spacial score (nSPS) is 13.4. The van der Waals surface area contributed by atoms with E-state index in [1.807, 2.05) is 0 Å². The van der Waals surface area contributed by atoms with Crippen LogP contribution >= 0.6 is 0 Å². The van der Waals surface area contributed by atoms with E-state index in [1.165, 1.54) is 39.0 Å². The zero-order valence-electron chi connectivity index (χ0n) is 17.0. The van der Waals surface area contributed by atoms with E-state index >= 15 is 0 Å². The second-order valence-corrected chi connectivity index (χ2v) is 8.40. The Hall–Kier alpha value is -0.150. The van der Waals surface area contributed by atoms with Crippen molar-refractivity contribution in [1.82, 2.24) is 0 Å². The van der Waals surface area contributed by atoms with E-state index in [0.717, 1.165) is 19.3 Å². The first-order chi connectivity index (χ1) is 12.2. The molecule has 0 radical (unpaired) electrons. The molecule has 0 saturated heterocycles. The molecule has 0 bridgehead atoms. The van der Waals surface area contributed by atoms with E-state index in [2.05, 4.69) is 6.92 Å². The van der Waals surface area contributed by atoms with Gasteiger partial charge in [-0.25, -0.2) is 0 Å². The summed E-state index contributed by atoms with van der Waals surface area (Å²) in [5, 5.41) is 11.0. The summed E-state index contributed by atoms with van der Waals surface area (Å²) in [7, 11) is -4.95. The van der Waals surface area contributed by atoms with Crippen LogP contribution in [0.3, 0.4) is 0 Å². The van der Waals surface area contributed by atoms with Crippen molar-refractivity contribution in [3.63, 3.8) is 0 Å². The first kappa shape index (κ1) is 29.1. The Labute approximate surface area is 185 Å². The fourth-order valence-corrected chi connectivity index (χ4v) is 3.95. The van der Waals surface area contributed by atoms with Crippen LogP contribution in [0.25, 0.3) is 0 Å². The smallest absolute Gasteiger partial charge is 0.550 e. The number of aliphatic carboxylic acids is 1. The van der Waals surface area contributed by atoms with Crippen LogP contribution < -0.4 is 34.7 Å². The van der Waals surface area contributed by atoms with Gasteiger partial charge in [-0.3, -0.25) is 9.35 Å². The molecule has 1 atom stereocenters. The average molecular weight is 417 g/mol. The summed E-state index contributed by atoms with van der Waals surface area (Å²) in [6.07, 6.45) is 8.62. The van der Waals surface area contributed by atoms with Crippen LogP contribution in [0.2, 0.25) is 0 Å². The van der Waals surface area contributed by atoms with Gasteiger partial charge < -0.3 is 14.6 Å². The van der Waals surface area contributed by atoms with Crippen LogP contribution in [0.5, 0.6) is 0 Å². The van der Waals surface area contributed by atoms with Crippen molar-refractivity contribution < 1.29 is 62.0 Å². The number of carboxylic acids is 1. The minimum Gasteiger partial charge on any atom is -0.550 e. The number of carbonyl (C=O) groups is 2. The Bertz CT molecular complexity index is 522. The molecular weight excluding hydrogens is 383 g/mol. The maximum absolute atomic E-state index is 12.1. The van der Waals surface area contributed by atoms with Crippen molar-refractivity contribution >= 4 is 22.1 Å². The third-order valence-electron chi connectivity index (χ3n) is 4.51. The average Bonchev–Trinajstić information content (AvgIpc) is 2.54. The van der Waals surface area contributed by atoms with Crippen LogP contribution in [-0.2, 0) is 24.4 Å². The molecule has 1 N–H and O–H groups in total. The minimum absolute atomic E-state index is 0. The Morgan fingerprint density at radius 3 is 1.74 bits per heavy atom. The van der Waals surface area contributed by atoms with Crippen molar-refractivity contribution in [2.24, 2.45) is 0 Å². The molecule has 0 aromatic rings. The molecule has 0 heterocycles. The molecule has 0 spiro atoms. The standard InChI is InChI=1S/C18H34O7S.Na/c1-3-5-6-7-8-9-10-11-12-13-14-18(15-16(19)20,26(22,23)24)17(21)25-4-2;/h3-15H2,1-2H3,(H,19,20)(H,22,23,24);/q;+1/p-1. The van der Waals surface area contributed by atoms with E-state index in [4.69, 9.17) is 4.74 Å². The third-order valence-corrected chi connectivity index (χ3v) is 6.01. The van der Waals surface area contributed by atoms with Gasteiger partial charge in [0.1, 0.15) is 0 Å². The van der Waals surface area contributed by atoms with Gasteiger partial charge in [-0.15, -0.1) is 0 Å². The molecule has 0 aromatic heterocycles. The number of carboxylic acid groups (broad SMARTS) is 1.